The van der Waals surface area contributed by atoms with Gasteiger partial charge in [0.25, 0.3) is 0 Å². The molecule has 1 fully saturated rings. The first kappa shape index (κ1) is 18.1. The van der Waals surface area contributed by atoms with Crippen LogP contribution in [0.2, 0.25) is 5.02 Å². The molecule has 1 aliphatic rings. The van der Waals surface area contributed by atoms with Crippen molar-refractivity contribution in [3.63, 3.8) is 0 Å². The number of methoxy groups -OCH3 is 1. The topological polar surface area (TPSA) is 105 Å². The third-order valence-electron chi connectivity index (χ3n) is 4.04. The van der Waals surface area contributed by atoms with Crippen LogP contribution in [0.5, 0.6) is 0 Å². The Bertz CT molecular complexity index is 641. The van der Waals surface area contributed by atoms with Crippen molar-refractivity contribution in [2.24, 2.45) is 5.92 Å². The molecule has 130 valence electrons. The first-order valence-electron chi connectivity index (χ1n) is 7.59. The van der Waals surface area contributed by atoms with Crippen LogP contribution in [0.15, 0.2) is 18.2 Å². The summed E-state index contributed by atoms with van der Waals surface area (Å²) in [5.74, 6) is -1.65. The third-order valence-corrected chi connectivity index (χ3v) is 4.36. The van der Waals surface area contributed by atoms with Crippen LogP contribution in [-0.2, 0) is 9.53 Å². The number of ether oxygens (including phenoxy) is 1. The number of benzene rings is 1. The quantitative estimate of drug-likeness (QED) is 0.721. The van der Waals surface area contributed by atoms with Crippen LogP contribution in [0.3, 0.4) is 0 Å². The fourth-order valence-electron chi connectivity index (χ4n) is 2.71. The molecular formula is C16H19ClN2O5. The Hall–Kier alpha value is -2.28. The van der Waals surface area contributed by atoms with E-state index in [4.69, 9.17) is 16.7 Å². The van der Waals surface area contributed by atoms with Gasteiger partial charge in [0.05, 0.1) is 23.6 Å². The summed E-state index contributed by atoms with van der Waals surface area (Å²) in [6, 6.07) is 4.05. The Morgan fingerprint density at radius 1 is 1.21 bits per heavy atom. The summed E-state index contributed by atoms with van der Waals surface area (Å²) < 4.78 is 4.60. The van der Waals surface area contributed by atoms with Crippen molar-refractivity contribution in [1.82, 2.24) is 5.32 Å². The van der Waals surface area contributed by atoms with Gasteiger partial charge >= 0.3 is 18.0 Å². The molecule has 0 aliphatic heterocycles. The minimum absolute atomic E-state index is 0.0505. The monoisotopic (exact) mass is 354 g/mol. The number of carbonyl (C=O) groups is 3. The van der Waals surface area contributed by atoms with Crippen molar-refractivity contribution >= 4 is 35.3 Å². The number of rotatable bonds is 4. The summed E-state index contributed by atoms with van der Waals surface area (Å²) in [6.45, 7) is 0. The van der Waals surface area contributed by atoms with Crippen LogP contribution in [0.25, 0.3) is 0 Å². The van der Waals surface area contributed by atoms with Gasteiger partial charge in [-0.3, -0.25) is 4.79 Å². The Kier molecular flexibility index (Phi) is 6.03. The highest BCUT2D eigenvalue weighted by Gasteiger charge is 2.26. The number of nitrogens with one attached hydrogen (secondary N) is 2. The first-order chi connectivity index (χ1) is 11.4. The van der Waals surface area contributed by atoms with E-state index in [0.29, 0.717) is 31.4 Å². The summed E-state index contributed by atoms with van der Waals surface area (Å²) in [7, 11) is 1.26. The lowest BCUT2D eigenvalue weighted by Crippen LogP contribution is -2.40. The number of anilines is 1. The molecule has 0 aromatic heterocycles. The highest BCUT2D eigenvalue weighted by atomic mass is 35.5. The van der Waals surface area contributed by atoms with Gasteiger partial charge in [-0.1, -0.05) is 11.6 Å². The molecule has 7 nitrogen and oxygen atoms in total. The normalized spacial score (nSPS) is 20.1. The summed E-state index contributed by atoms with van der Waals surface area (Å²) in [6.07, 6.45) is 2.37. The molecule has 0 spiro atoms. The van der Waals surface area contributed by atoms with Crippen LogP contribution in [-0.4, -0.2) is 36.2 Å². The average molecular weight is 355 g/mol. The van der Waals surface area contributed by atoms with Crippen molar-refractivity contribution in [2.45, 2.75) is 31.7 Å². The molecule has 24 heavy (non-hydrogen) atoms. The number of esters is 1. The molecule has 0 saturated heterocycles. The van der Waals surface area contributed by atoms with E-state index in [1.807, 2.05) is 0 Å². The van der Waals surface area contributed by atoms with Crippen molar-refractivity contribution < 1.29 is 24.2 Å². The molecule has 0 atom stereocenters. The minimum Gasteiger partial charge on any atom is -0.481 e. The molecule has 1 aliphatic carbocycles. The van der Waals surface area contributed by atoms with Crippen molar-refractivity contribution in [3.8, 4) is 0 Å². The standard InChI is InChI=1S/C16H19ClN2O5/c1-24-15(22)12-7-6-11(8-13(12)17)19-16(23)18-10-4-2-9(3-5-10)14(20)21/h6-10H,2-5H2,1H3,(H,20,21)(H2,18,19,23). The molecule has 3 N–H and O–H groups in total. The second kappa shape index (κ2) is 8.01. The average Bonchev–Trinajstić information content (AvgIpc) is 2.54. The van der Waals surface area contributed by atoms with E-state index >= 15 is 0 Å². The summed E-state index contributed by atoms with van der Waals surface area (Å²) >= 11 is 6.00. The van der Waals surface area contributed by atoms with Crippen LogP contribution in [0.1, 0.15) is 36.0 Å². The SMILES string of the molecule is COC(=O)c1ccc(NC(=O)NC2CCC(C(=O)O)CC2)cc1Cl. The van der Waals surface area contributed by atoms with E-state index < -0.39 is 18.0 Å². The lowest BCUT2D eigenvalue weighted by atomic mass is 9.86. The molecule has 0 heterocycles. The number of hydrogen-bond acceptors (Lipinski definition) is 4. The maximum Gasteiger partial charge on any atom is 0.339 e. The van der Waals surface area contributed by atoms with Gasteiger partial charge in [-0.05, 0) is 43.9 Å². The first-order valence-corrected chi connectivity index (χ1v) is 7.96. The van der Waals surface area contributed by atoms with Crippen LogP contribution in [0, 0.1) is 5.92 Å². The Labute approximate surface area is 144 Å². The van der Waals surface area contributed by atoms with Gasteiger partial charge in [0.2, 0.25) is 0 Å². The predicted octanol–water partition coefficient (Wildman–Crippen LogP) is 2.89. The molecule has 1 saturated carbocycles. The molecule has 0 unspecified atom stereocenters. The zero-order valence-corrected chi connectivity index (χ0v) is 13.9. The Balaban J connectivity index is 1.88. The molecule has 0 bridgehead atoms. The highest BCUT2D eigenvalue weighted by molar-refractivity contribution is 6.33. The number of carbonyl (C=O) groups excluding carboxylic acids is 2. The number of hydrogen-bond donors (Lipinski definition) is 3. The van der Waals surface area contributed by atoms with E-state index in [1.54, 1.807) is 6.07 Å². The Morgan fingerprint density at radius 2 is 1.88 bits per heavy atom. The van der Waals surface area contributed by atoms with Gasteiger partial charge in [0, 0.05) is 11.7 Å². The molecular weight excluding hydrogens is 336 g/mol. The number of carboxylic acids is 1. The van der Waals surface area contributed by atoms with Gasteiger partial charge in [0.15, 0.2) is 0 Å². The van der Waals surface area contributed by atoms with Crippen molar-refractivity contribution in [3.05, 3.63) is 28.8 Å². The molecule has 8 heteroatoms. The van der Waals surface area contributed by atoms with Gasteiger partial charge in [-0.2, -0.15) is 0 Å². The smallest absolute Gasteiger partial charge is 0.339 e. The zero-order chi connectivity index (χ0) is 17.7. The van der Waals surface area contributed by atoms with E-state index in [2.05, 4.69) is 15.4 Å². The summed E-state index contributed by atoms with van der Waals surface area (Å²) in [5.41, 5.74) is 0.668. The third kappa shape index (κ3) is 4.61. The van der Waals surface area contributed by atoms with E-state index in [9.17, 15) is 14.4 Å². The number of urea groups is 1. The Morgan fingerprint density at radius 3 is 2.42 bits per heavy atom. The zero-order valence-electron chi connectivity index (χ0n) is 13.2. The number of halogens is 1. The van der Waals surface area contributed by atoms with E-state index in [0.717, 1.165) is 0 Å². The van der Waals surface area contributed by atoms with E-state index in [-0.39, 0.29) is 22.5 Å². The molecule has 1 aromatic rings. The van der Waals surface area contributed by atoms with Gasteiger partial charge < -0.3 is 20.5 Å². The summed E-state index contributed by atoms with van der Waals surface area (Å²) in [5, 5.41) is 14.6. The van der Waals surface area contributed by atoms with Gasteiger partial charge in [0.1, 0.15) is 0 Å². The maximum atomic E-state index is 12.0. The van der Waals surface area contributed by atoms with Gasteiger partial charge in [-0.15, -0.1) is 0 Å². The fourth-order valence-corrected chi connectivity index (χ4v) is 2.96. The van der Waals surface area contributed by atoms with Crippen molar-refractivity contribution in [1.29, 1.82) is 0 Å². The fraction of sp³-hybridized carbons (Fsp3) is 0.438. The second-order valence-electron chi connectivity index (χ2n) is 5.67. The maximum absolute atomic E-state index is 12.0. The lowest BCUT2D eigenvalue weighted by molar-refractivity contribution is -0.142. The predicted molar refractivity (Wildman–Crippen MR) is 88.3 cm³/mol. The van der Waals surface area contributed by atoms with E-state index in [1.165, 1.54) is 19.2 Å². The largest absolute Gasteiger partial charge is 0.481 e. The molecule has 2 amide bonds. The van der Waals surface area contributed by atoms with Crippen LogP contribution in [0.4, 0.5) is 10.5 Å². The van der Waals surface area contributed by atoms with Crippen LogP contribution >= 0.6 is 11.6 Å². The number of carboxylic acid groups (broad SMARTS) is 1. The van der Waals surface area contributed by atoms with Gasteiger partial charge in [-0.25, -0.2) is 9.59 Å². The van der Waals surface area contributed by atoms with Crippen molar-refractivity contribution in [2.75, 3.05) is 12.4 Å². The molecule has 0 radical (unpaired) electrons. The lowest BCUT2D eigenvalue weighted by Gasteiger charge is -2.26. The second-order valence-corrected chi connectivity index (χ2v) is 6.08. The highest BCUT2D eigenvalue weighted by Crippen LogP contribution is 2.25. The number of amides is 2. The number of aliphatic carboxylic acids is 1. The molecule has 2 rings (SSSR count). The van der Waals surface area contributed by atoms with Crippen LogP contribution < -0.4 is 10.6 Å². The molecule has 1 aromatic carbocycles. The summed E-state index contributed by atoms with van der Waals surface area (Å²) in [4.78, 5) is 34.4. The minimum atomic E-state index is -0.779.